The number of carbonyl (C=O) groups is 1. The molecule has 0 saturated heterocycles. The first-order valence-corrected chi connectivity index (χ1v) is 6.39. The second-order valence-electron chi connectivity index (χ2n) is 3.96. The molecule has 1 aromatic heterocycles. The number of ether oxygens (including phenoxy) is 2. The van der Waals surface area contributed by atoms with Crippen molar-refractivity contribution in [3.05, 3.63) is 18.3 Å². The third-order valence-electron chi connectivity index (χ3n) is 2.35. The predicted molar refractivity (Wildman–Crippen MR) is 73.5 cm³/mol. The molecule has 19 heavy (non-hydrogen) atoms. The molecule has 106 valence electrons. The highest BCUT2D eigenvalue weighted by Gasteiger charge is 2.01. The second-order valence-corrected chi connectivity index (χ2v) is 3.96. The number of carbonyl (C=O) groups excluding carboxylic acids is 1. The van der Waals surface area contributed by atoms with Crippen LogP contribution in [-0.2, 0) is 4.74 Å². The summed E-state index contributed by atoms with van der Waals surface area (Å²) in [6.07, 6.45) is 3.58. The van der Waals surface area contributed by atoms with E-state index in [4.69, 9.17) is 9.47 Å². The number of anilines is 1. The number of urea groups is 1. The van der Waals surface area contributed by atoms with E-state index in [1.165, 1.54) is 0 Å². The second kappa shape index (κ2) is 9.16. The van der Waals surface area contributed by atoms with E-state index in [1.54, 1.807) is 25.4 Å². The van der Waals surface area contributed by atoms with Crippen molar-refractivity contribution >= 4 is 11.7 Å². The third-order valence-corrected chi connectivity index (χ3v) is 2.35. The molecule has 0 aromatic carbocycles. The van der Waals surface area contributed by atoms with Crippen LogP contribution in [0.1, 0.15) is 19.8 Å². The smallest absolute Gasteiger partial charge is 0.319 e. The highest BCUT2D eigenvalue weighted by molar-refractivity contribution is 5.88. The van der Waals surface area contributed by atoms with Gasteiger partial charge in [0, 0.05) is 19.7 Å². The summed E-state index contributed by atoms with van der Waals surface area (Å²) in [6.45, 7) is 3.72. The van der Waals surface area contributed by atoms with E-state index in [1.807, 2.05) is 0 Å². The summed E-state index contributed by atoms with van der Waals surface area (Å²) in [4.78, 5) is 15.6. The molecule has 0 aliphatic rings. The lowest BCUT2D eigenvalue weighted by atomic mass is 10.3. The summed E-state index contributed by atoms with van der Waals surface area (Å²) in [5, 5.41) is 5.47. The number of aromatic nitrogens is 1. The largest absolute Gasteiger partial charge is 0.475 e. The van der Waals surface area contributed by atoms with E-state index in [0.717, 1.165) is 12.8 Å². The number of rotatable bonds is 8. The molecule has 0 bridgehead atoms. The van der Waals surface area contributed by atoms with Crippen molar-refractivity contribution in [2.75, 3.05) is 32.2 Å². The Balaban J connectivity index is 2.32. The van der Waals surface area contributed by atoms with E-state index < -0.39 is 0 Å². The maximum absolute atomic E-state index is 11.5. The summed E-state index contributed by atoms with van der Waals surface area (Å²) in [5.41, 5.74) is 0.632. The molecule has 0 radical (unpaired) electrons. The fourth-order valence-electron chi connectivity index (χ4n) is 1.32. The van der Waals surface area contributed by atoms with Crippen molar-refractivity contribution in [2.24, 2.45) is 0 Å². The normalized spacial score (nSPS) is 10.0. The first kappa shape index (κ1) is 15.2. The average Bonchev–Trinajstić information content (AvgIpc) is 2.41. The molecule has 1 rings (SSSR count). The van der Waals surface area contributed by atoms with Gasteiger partial charge >= 0.3 is 6.03 Å². The van der Waals surface area contributed by atoms with E-state index in [0.29, 0.717) is 31.3 Å². The van der Waals surface area contributed by atoms with Gasteiger partial charge in [-0.15, -0.1) is 0 Å². The van der Waals surface area contributed by atoms with E-state index in [2.05, 4.69) is 22.5 Å². The molecule has 1 heterocycles. The minimum Gasteiger partial charge on any atom is -0.475 e. The Kier molecular flexibility index (Phi) is 7.34. The number of hydrogen-bond acceptors (Lipinski definition) is 4. The summed E-state index contributed by atoms with van der Waals surface area (Å²) in [6, 6.07) is 3.23. The van der Waals surface area contributed by atoms with Crippen molar-refractivity contribution < 1.29 is 14.3 Å². The first-order chi connectivity index (χ1) is 9.26. The van der Waals surface area contributed by atoms with Crippen LogP contribution in [-0.4, -0.2) is 37.9 Å². The van der Waals surface area contributed by atoms with Crippen LogP contribution in [0.2, 0.25) is 0 Å². The summed E-state index contributed by atoms with van der Waals surface area (Å²) >= 11 is 0. The Morgan fingerprint density at radius 3 is 2.84 bits per heavy atom. The number of methoxy groups -OCH3 is 1. The van der Waals surface area contributed by atoms with Crippen molar-refractivity contribution in [1.29, 1.82) is 0 Å². The Bertz CT molecular complexity index is 368. The van der Waals surface area contributed by atoms with Crippen LogP contribution < -0.4 is 15.4 Å². The van der Waals surface area contributed by atoms with Crippen LogP contribution in [0.5, 0.6) is 5.88 Å². The minimum atomic E-state index is -0.219. The lowest BCUT2D eigenvalue weighted by Gasteiger charge is -2.08. The fraction of sp³-hybridized carbons (Fsp3) is 0.538. The van der Waals surface area contributed by atoms with E-state index in [-0.39, 0.29) is 6.03 Å². The van der Waals surface area contributed by atoms with Crippen LogP contribution in [0, 0.1) is 0 Å². The molecule has 0 saturated carbocycles. The topological polar surface area (TPSA) is 72.5 Å². The Hall–Kier alpha value is -1.82. The highest BCUT2D eigenvalue weighted by Crippen LogP contribution is 2.11. The molecule has 1 aromatic rings. The quantitative estimate of drug-likeness (QED) is 0.707. The van der Waals surface area contributed by atoms with Gasteiger partial charge in [-0.2, -0.15) is 0 Å². The third kappa shape index (κ3) is 6.61. The molecule has 6 nitrogen and oxygen atoms in total. The summed E-state index contributed by atoms with van der Waals surface area (Å²) < 4.78 is 10.2. The molecule has 6 heteroatoms. The number of unbranched alkanes of at least 4 members (excludes halogenated alkanes) is 1. The molecule has 2 amide bonds. The van der Waals surface area contributed by atoms with Gasteiger partial charge in [0.2, 0.25) is 5.88 Å². The summed E-state index contributed by atoms with van der Waals surface area (Å²) in [7, 11) is 1.61. The number of nitrogens with one attached hydrogen (secondary N) is 2. The van der Waals surface area contributed by atoms with E-state index >= 15 is 0 Å². The van der Waals surface area contributed by atoms with Gasteiger partial charge < -0.3 is 20.1 Å². The standard InChI is InChI=1S/C13H21N3O3/c1-3-4-7-14-13(17)16-11-5-6-12(15-10-11)19-9-8-18-2/h5-6,10H,3-4,7-9H2,1-2H3,(H2,14,16,17). The van der Waals surface area contributed by atoms with Crippen LogP contribution in [0.25, 0.3) is 0 Å². The zero-order valence-electron chi connectivity index (χ0n) is 11.4. The molecule has 0 aliphatic heterocycles. The van der Waals surface area contributed by atoms with Crippen LogP contribution in [0.3, 0.4) is 0 Å². The zero-order valence-corrected chi connectivity index (χ0v) is 11.4. The number of hydrogen-bond donors (Lipinski definition) is 2. The van der Waals surface area contributed by atoms with Crippen molar-refractivity contribution in [3.63, 3.8) is 0 Å². The molecule has 0 fully saturated rings. The van der Waals surface area contributed by atoms with Gasteiger partial charge in [-0.05, 0) is 12.5 Å². The zero-order chi connectivity index (χ0) is 13.9. The monoisotopic (exact) mass is 267 g/mol. The maximum atomic E-state index is 11.5. The van der Waals surface area contributed by atoms with Crippen LogP contribution in [0.15, 0.2) is 18.3 Å². The van der Waals surface area contributed by atoms with E-state index in [9.17, 15) is 4.79 Å². The number of nitrogens with zero attached hydrogens (tertiary/aromatic N) is 1. The van der Waals surface area contributed by atoms with Gasteiger partial charge in [-0.3, -0.25) is 0 Å². The highest BCUT2D eigenvalue weighted by atomic mass is 16.5. The van der Waals surface area contributed by atoms with Crippen molar-refractivity contribution in [1.82, 2.24) is 10.3 Å². The molecule has 0 unspecified atom stereocenters. The van der Waals surface area contributed by atoms with Gasteiger partial charge in [0.25, 0.3) is 0 Å². The van der Waals surface area contributed by atoms with Gasteiger partial charge in [-0.1, -0.05) is 13.3 Å². The lowest BCUT2D eigenvalue weighted by Crippen LogP contribution is -2.29. The molecule has 0 atom stereocenters. The molecule has 2 N–H and O–H groups in total. The molecule has 0 aliphatic carbocycles. The average molecular weight is 267 g/mol. The Labute approximate surface area is 113 Å². The van der Waals surface area contributed by atoms with Gasteiger partial charge in [0.15, 0.2) is 0 Å². The van der Waals surface area contributed by atoms with Gasteiger partial charge in [0.05, 0.1) is 18.5 Å². The molecule has 0 spiro atoms. The molecular formula is C13H21N3O3. The van der Waals surface area contributed by atoms with Crippen LogP contribution in [0.4, 0.5) is 10.5 Å². The van der Waals surface area contributed by atoms with Gasteiger partial charge in [-0.25, -0.2) is 9.78 Å². The molecular weight excluding hydrogens is 246 g/mol. The van der Waals surface area contributed by atoms with Gasteiger partial charge in [0.1, 0.15) is 6.61 Å². The first-order valence-electron chi connectivity index (χ1n) is 6.39. The Morgan fingerprint density at radius 2 is 2.21 bits per heavy atom. The Morgan fingerprint density at radius 1 is 1.37 bits per heavy atom. The number of amides is 2. The van der Waals surface area contributed by atoms with Crippen molar-refractivity contribution in [2.45, 2.75) is 19.8 Å². The summed E-state index contributed by atoms with van der Waals surface area (Å²) in [5.74, 6) is 0.508. The SMILES string of the molecule is CCCCNC(=O)Nc1ccc(OCCOC)nc1. The lowest BCUT2D eigenvalue weighted by molar-refractivity contribution is 0.144. The maximum Gasteiger partial charge on any atom is 0.319 e. The van der Waals surface area contributed by atoms with Crippen molar-refractivity contribution in [3.8, 4) is 5.88 Å². The van der Waals surface area contributed by atoms with Crippen LogP contribution >= 0.6 is 0 Å². The minimum absolute atomic E-state index is 0.219. The fourth-order valence-corrected chi connectivity index (χ4v) is 1.32. The number of pyridine rings is 1. The predicted octanol–water partition coefficient (Wildman–Crippen LogP) is 2.03.